The molecule has 0 aromatic rings. The van der Waals surface area contributed by atoms with E-state index in [0.717, 1.165) is 89.9 Å². The molecule has 0 heterocycles. The van der Waals surface area contributed by atoms with Crippen molar-refractivity contribution in [3.05, 3.63) is 170 Å². The maximum absolute atomic E-state index is 12.8. The van der Waals surface area contributed by atoms with Crippen molar-refractivity contribution in [2.75, 3.05) is 13.2 Å². The fraction of sp³-hybridized carbons (Fsp3) is 0.523. The minimum absolute atomic E-state index is 0.160. The van der Waals surface area contributed by atoms with Crippen LogP contribution in [0.5, 0.6) is 0 Å². The first-order chi connectivity index (χ1) is 35.0. The van der Waals surface area contributed by atoms with Crippen LogP contribution in [-0.2, 0) is 28.6 Å². The summed E-state index contributed by atoms with van der Waals surface area (Å²) in [7, 11) is 0. The van der Waals surface area contributed by atoms with Crippen molar-refractivity contribution in [2.24, 2.45) is 0 Å². The van der Waals surface area contributed by atoms with E-state index in [2.05, 4.69) is 179 Å². The van der Waals surface area contributed by atoms with Crippen LogP contribution >= 0.6 is 0 Å². The van der Waals surface area contributed by atoms with Gasteiger partial charge in [-0.1, -0.05) is 217 Å². The topological polar surface area (TPSA) is 78.9 Å². The molecular formula is C65H98O6. The Bertz CT molecular complexity index is 1690. The number of carbonyl (C=O) groups is 3. The molecule has 0 spiro atoms. The van der Waals surface area contributed by atoms with Crippen molar-refractivity contribution in [1.29, 1.82) is 0 Å². The molecule has 0 aromatic carbocycles. The Morgan fingerprint density at radius 1 is 0.296 bits per heavy atom. The van der Waals surface area contributed by atoms with Crippen molar-refractivity contribution in [2.45, 2.75) is 207 Å². The van der Waals surface area contributed by atoms with Gasteiger partial charge in [-0.15, -0.1) is 0 Å². The van der Waals surface area contributed by atoms with E-state index in [1.807, 2.05) is 12.2 Å². The Labute approximate surface area is 434 Å². The predicted octanol–water partition coefficient (Wildman–Crippen LogP) is 18.8. The minimum atomic E-state index is -0.869. The van der Waals surface area contributed by atoms with Crippen LogP contribution < -0.4 is 0 Å². The molecule has 0 bridgehead atoms. The predicted molar refractivity (Wildman–Crippen MR) is 306 cm³/mol. The first kappa shape index (κ1) is 65.8. The lowest BCUT2D eigenvalue weighted by molar-refractivity contribution is -0.166. The van der Waals surface area contributed by atoms with Gasteiger partial charge in [0, 0.05) is 19.3 Å². The highest BCUT2D eigenvalue weighted by Crippen LogP contribution is 2.09. The Hall–Kier alpha value is -5.23. The fourth-order valence-electron chi connectivity index (χ4n) is 6.57. The first-order valence-corrected chi connectivity index (χ1v) is 27.6. The standard InChI is InChI=1S/C65H98O6/c1-4-7-10-13-16-19-22-25-28-31-32-35-37-40-43-46-49-52-55-58-64(67)70-61-62(71-65(68)59-56-53-50-47-44-41-38-34-30-27-24-21-18-15-12-9-6-3)60-69-63(66)57-54-51-48-45-42-39-36-33-29-26-23-20-17-14-11-8-5-2/h7,10,16-21,25-30,32,35-36,38-41,43,45,47-50,52,62H,4-6,8-9,11-15,22-24,31,33-34,37,42,44,46,51,53-61H2,1-3H3. The minimum Gasteiger partial charge on any atom is -0.462 e. The Balaban J connectivity index is 4.71. The van der Waals surface area contributed by atoms with Gasteiger partial charge in [-0.25, -0.2) is 0 Å². The summed E-state index contributed by atoms with van der Waals surface area (Å²) in [4.78, 5) is 38.1. The van der Waals surface area contributed by atoms with Crippen molar-refractivity contribution < 1.29 is 28.6 Å². The number of ether oxygens (including phenoxy) is 3. The number of carbonyl (C=O) groups excluding carboxylic acids is 3. The molecule has 1 unspecified atom stereocenters. The first-order valence-electron chi connectivity index (χ1n) is 27.6. The average molecular weight is 975 g/mol. The SMILES string of the molecule is CCC=CCC=CCC=CCC=CCC=CCC=CCCC(=O)OCC(COC(=O)CCCC=CCC=CCC=CCC=CCCCCC)OC(=O)CCCC=CCC=CCC=CCC=CCCCCC. The van der Waals surface area contributed by atoms with Gasteiger partial charge >= 0.3 is 17.9 Å². The highest BCUT2D eigenvalue weighted by atomic mass is 16.6. The van der Waals surface area contributed by atoms with Crippen LogP contribution in [0.3, 0.4) is 0 Å². The van der Waals surface area contributed by atoms with Crippen LogP contribution in [0.4, 0.5) is 0 Å². The van der Waals surface area contributed by atoms with E-state index in [1.165, 1.54) is 51.4 Å². The van der Waals surface area contributed by atoms with Crippen LogP contribution in [0.25, 0.3) is 0 Å². The van der Waals surface area contributed by atoms with Gasteiger partial charge in [-0.3, -0.25) is 14.4 Å². The van der Waals surface area contributed by atoms with Gasteiger partial charge in [0.25, 0.3) is 0 Å². The van der Waals surface area contributed by atoms with Crippen LogP contribution in [0.1, 0.15) is 201 Å². The van der Waals surface area contributed by atoms with Crippen molar-refractivity contribution in [3.8, 4) is 0 Å². The number of allylic oxidation sites excluding steroid dienone is 28. The zero-order valence-electron chi connectivity index (χ0n) is 44.9. The van der Waals surface area contributed by atoms with Gasteiger partial charge in [0.05, 0.1) is 0 Å². The van der Waals surface area contributed by atoms with Crippen LogP contribution in [0, 0.1) is 0 Å². The van der Waals surface area contributed by atoms with Gasteiger partial charge in [-0.2, -0.15) is 0 Å². The molecule has 0 radical (unpaired) electrons. The maximum atomic E-state index is 12.8. The second-order valence-electron chi connectivity index (χ2n) is 17.4. The maximum Gasteiger partial charge on any atom is 0.306 e. The number of rotatable bonds is 47. The quantitative estimate of drug-likeness (QED) is 0.0262. The van der Waals surface area contributed by atoms with Gasteiger partial charge in [0.15, 0.2) is 6.10 Å². The molecule has 0 N–H and O–H groups in total. The summed E-state index contributed by atoms with van der Waals surface area (Å²) in [5, 5.41) is 0. The van der Waals surface area contributed by atoms with Crippen LogP contribution in [0.15, 0.2) is 170 Å². The van der Waals surface area contributed by atoms with E-state index in [1.54, 1.807) is 0 Å². The van der Waals surface area contributed by atoms with Crippen molar-refractivity contribution >= 4 is 17.9 Å². The van der Waals surface area contributed by atoms with E-state index < -0.39 is 18.0 Å². The third-order valence-electron chi connectivity index (χ3n) is 10.7. The second-order valence-corrected chi connectivity index (χ2v) is 17.4. The molecule has 0 aliphatic heterocycles. The third-order valence-corrected chi connectivity index (χ3v) is 10.7. The Morgan fingerprint density at radius 3 is 0.887 bits per heavy atom. The monoisotopic (exact) mass is 975 g/mol. The molecule has 0 saturated heterocycles. The summed E-state index contributed by atoms with van der Waals surface area (Å²) in [5.74, 6) is -1.17. The number of unbranched alkanes of at least 4 members (excludes halogenated alkanes) is 8. The molecule has 0 saturated carbocycles. The highest BCUT2D eigenvalue weighted by molar-refractivity contribution is 5.71. The lowest BCUT2D eigenvalue weighted by atomic mass is 10.2. The normalized spacial score (nSPS) is 13.5. The van der Waals surface area contributed by atoms with Gasteiger partial charge in [-0.05, 0) is 135 Å². The molecule has 0 amide bonds. The molecule has 71 heavy (non-hydrogen) atoms. The molecule has 0 rings (SSSR count). The van der Waals surface area contributed by atoms with E-state index in [0.29, 0.717) is 19.3 Å². The summed E-state index contributed by atoms with van der Waals surface area (Å²) in [6.07, 6.45) is 85.0. The number of hydrogen-bond donors (Lipinski definition) is 0. The Morgan fingerprint density at radius 2 is 0.563 bits per heavy atom. The zero-order chi connectivity index (χ0) is 51.4. The lowest BCUT2D eigenvalue weighted by Gasteiger charge is -2.18. The van der Waals surface area contributed by atoms with E-state index in [9.17, 15) is 14.4 Å². The molecule has 0 aromatic heterocycles. The lowest BCUT2D eigenvalue weighted by Crippen LogP contribution is -2.30. The van der Waals surface area contributed by atoms with Gasteiger partial charge in [0.2, 0.25) is 0 Å². The van der Waals surface area contributed by atoms with E-state index in [4.69, 9.17) is 14.2 Å². The second kappa shape index (κ2) is 57.3. The van der Waals surface area contributed by atoms with Crippen molar-refractivity contribution in [3.63, 3.8) is 0 Å². The highest BCUT2D eigenvalue weighted by Gasteiger charge is 2.19. The third kappa shape index (κ3) is 55.6. The molecule has 0 aliphatic rings. The molecule has 6 nitrogen and oxygen atoms in total. The molecule has 0 aliphatic carbocycles. The van der Waals surface area contributed by atoms with Crippen molar-refractivity contribution in [1.82, 2.24) is 0 Å². The molecular weight excluding hydrogens is 877 g/mol. The van der Waals surface area contributed by atoms with Gasteiger partial charge in [0.1, 0.15) is 13.2 Å². The molecule has 394 valence electrons. The van der Waals surface area contributed by atoms with Gasteiger partial charge < -0.3 is 14.2 Å². The average Bonchev–Trinajstić information content (AvgIpc) is 3.37. The summed E-state index contributed by atoms with van der Waals surface area (Å²) >= 11 is 0. The summed E-state index contributed by atoms with van der Waals surface area (Å²) in [6.45, 7) is 6.28. The molecule has 1 atom stereocenters. The van der Waals surface area contributed by atoms with Crippen LogP contribution in [-0.4, -0.2) is 37.2 Å². The Kier molecular flexibility index (Phi) is 53.1. The molecule has 0 fully saturated rings. The van der Waals surface area contributed by atoms with E-state index >= 15 is 0 Å². The van der Waals surface area contributed by atoms with E-state index in [-0.39, 0.29) is 38.4 Å². The largest absolute Gasteiger partial charge is 0.462 e. The summed E-state index contributed by atoms with van der Waals surface area (Å²) < 4.78 is 16.7. The number of esters is 3. The number of hydrogen-bond acceptors (Lipinski definition) is 6. The summed E-state index contributed by atoms with van der Waals surface area (Å²) in [6, 6.07) is 0. The summed E-state index contributed by atoms with van der Waals surface area (Å²) in [5.41, 5.74) is 0. The fourth-order valence-corrected chi connectivity index (χ4v) is 6.57. The molecule has 6 heteroatoms. The van der Waals surface area contributed by atoms with Crippen LogP contribution in [0.2, 0.25) is 0 Å². The zero-order valence-corrected chi connectivity index (χ0v) is 44.9. The smallest absolute Gasteiger partial charge is 0.306 e.